The third-order valence-corrected chi connectivity index (χ3v) is 1.80. The molecule has 0 amide bonds. The highest BCUT2D eigenvalue weighted by atomic mass is 16.5. The molecule has 0 fully saturated rings. The third-order valence-electron chi connectivity index (χ3n) is 1.80. The molecule has 0 unspecified atom stereocenters. The fourth-order valence-electron chi connectivity index (χ4n) is 0.992. The van der Waals surface area contributed by atoms with E-state index >= 15 is 0 Å². The average Bonchev–Trinajstić information content (AvgIpc) is 2.19. The lowest BCUT2D eigenvalue weighted by molar-refractivity contribution is 0.0902. The molecular weight excluding hydrogens is 178 g/mol. The highest BCUT2D eigenvalue weighted by Gasteiger charge is 1.97. The van der Waals surface area contributed by atoms with E-state index in [2.05, 4.69) is 20.9 Å². The summed E-state index contributed by atoms with van der Waals surface area (Å²) in [5.41, 5.74) is 0. The lowest BCUT2D eigenvalue weighted by atomic mass is 10.5. The summed E-state index contributed by atoms with van der Waals surface area (Å²) in [6, 6.07) is 0. The SMILES string of the molecule is [CH2]N(CCOCCC)CCOCCC. The van der Waals surface area contributed by atoms with Gasteiger partial charge in [-0.1, -0.05) is 13.8 Å². The van der Waals surface area contributed by atoms with Crippen LogP contribution in [0.3, 0.4) is 0 Å². The van der Waals surface area contributed by atoms with Crippen molar-refractivity contribution in [2.75, 3.05) is 39.5 Å². The highest BCUT2D eigenvalue weighted by molar-refractivity contribution is 4.53. The molecule has 0 N–H and O–H groups in total. The van der Waals surface area contributed by atoms with Crippen LogP contribution < -0.4 is 0 Å². The molecule has 0 aromatic rings. The first-order valence-electron chi connectivity index (χ1n) is 5.52. The predicted molar refractivity (Wildman–Crippen MR) is 59.2 cm³/mol. The molecule has 0 saturated carbocycles. The Hall–Kier alpha value is -0.120. The molecule has 0 bridgehead atoms. The van der Waals surface area contributed by atoms with E-state index in [0.29, 0.717) is 0 Å². The van der Waals surface area contributed by atoms with E-state index in [4.69, 9.17) is 9.47 Å². The van der Waals surface area contributed by atoms with Crippen molar-refractivity contribution in [2.45, 2.75) is 26.7 Å². The maximum atomic E-state index is 5.36. The minimum atomic E-state index is 0.769. The van der Waals surface area contributed by atoms with Crippen molar-refractivity contribution in [3.63, 3.8) is 0 Å². The van der Waals surface area contributed by atoms with Crippen LogP contribution in [0, 0.1) is 7.05 Å². The Kier molecular flexibility index (Phi) is 10.9. The number of nitrogens with zero attached hydrogens (tertiary/aromatic N) is 1. The molecule has 1 radical (unpaired) electrons. The quantitative estimate of drug-likeness (QED) is 0.505. The molecule has 3 nitrogen and oxygen atoms in total. The fraction of sp³-hybridized carbons (Fsp3) is 0.909. The summed E-state index contributed by atoms with van der Waals surface area (Å²) in [5, 5.41) is 0. The largest absolute Gasteiger partial charge is 0.380 e. The zero-order valence-electron chi connectivity index (χ0n) is 9.63. The Bertz CT molecular complexity index is 97.5. The average molecular weight is 202 g/mol. The van der Waals surface area contributed by atoms with Crippen molar-refractivity contribution < 1.29 is 9.47 Å². The first-order valence-corrected chi connectivity index (χ1v) is 5.52. The van der Waals surface area contributed by atoms with Gasteiger partial charge in [0.05, 0.1) is 13.2 Å². The van der Waals surface area contributed by atoms with E-state index in [-0.39, 0.29) is 0 Å². The lowest BCUT2D eigenvalue weighted by Gasteiger charge is -2.15. The zero-order valence-corrected chi connectivity index (χ0v) is 9.63. The first-order chi connectivity index (χ1) is 6.81. The molecule has 0 aromatic heterocycles. The van der Waals surface area contributed by atoms with Gasteiger partial charge < -0.3 is 9.47 Å². The molecule has 0 aliphatic carbocycles. The molecule has 85 valence electrons. The van der Waals surface area contributed by atoms with Crippen molar-refractivity contribution in [1.29, 1.82) is 0 Å². The van der Waals surface area contributed by atoms with Crippen molar-refractivity contribution in [2.24, 2.45) is 0 Å². The minimum absolute atomic E-state index is 0.769. The molecule has 3 heteroatoms. The summed E-state index contributed by atoms with van der Waals surface area (Å²) in [6.45, 7) is 9.22. The zero-order chi connectivity index (χ0) is 10.6. The molecule has 0 heterocycles. The van der Waals surface area contributed by atoms with Crippen LogP contribution in [0.2, 0.25) is 0 Å². The second-order valence-corrected chi connectivity index (χ2v) is 3.34. The van der Waals surface area contributed by atoms with E-state index in [1.54, 1.807) is 0 Å². The standard InChI is InChI=1S/C11H24NO2/c1-4-8-13-10-6-12(3)7-11-14-9-5-2/h3-11H2,1-2H3. The van der Waals surface area contributed by atoms with Crippen LogP contribution in [0.5, 0.6) is 0 Å². The first kappa shape index (κ1) is 13.9. The Morgan fingerprint density at radius 3 is 1.64 bits per heavy atom. The smallest absolute Gasteiger partial charge is 0.0593 e. The summed E-state index contributed by atoms with van der Waals surface area (Å²) in [4.78, 5) is 1.99. The molecule has 0 rings (SSSR count). The Morgan fingerprint density at radius 1 is 0.857 bits per heavy atom. The minimum Gasteiger partial charge on any atom is -0.380 e. The van der Waals surface area contributed by atoms with Gasteiger partial charge in [-0.3, -0.25) is 4.90 Å². The summed E-state index contributed by atoms with van der Waals surface area (Å²) >= 11 is 0. The van der Waals surface area contributed by atoms with E-state index in [1.165, 1.54) is 0 Å². The van der Waals surface area contributed by atoms with Crippen LogP contribution in [0.25, 0.3) is 0 Å². The normalized spacial score (nSPS) is 11.1. The van der Waals surface area contributed by atoms with Gasteiger partial charge in [0, 0.05) is 33.4 Å². The van der Waals surface area contributed by atoms with Crippen molar-refractivity contribution in [3.05, 3.63) is 7.05 Å². The molecule has 0 saturated heterocycles. The molecular formula is C11H24NO2. The topological polar surface area (TPSA) is 21.7 Å². The van der Waals surface area contributed by atoms with Crippen LogP contribution in [-0.2, 0) is 9.47 Å². The van der Waals surface area contributed by atoms with Crippen LogP contribution in [-0.4, -0.2) is 44.4 Å². The molecule has 14 heavy (non-hydrogen) atoms. The molecule has 0 spiro atoms. The highest BCUT2D eigenvalue weighted by Crippen LogP contribution is 1.88. The fourth-order valence-corrected chi connectivity index (χ4v) is 0.992. The summed E-state index contributed by atoms with van der Waals surface area (Å²) in [6.07, 6.45) is 2.16. The number of rotatable bonds is 10. The van der Waals surface area contributed by atoms with Crippen LogP contribution in [0.15, 0.2) is 0 Å². The maximum Gasteiger partial charge on any atom is 0.0593 e. The Balaban J connectivity index is 3.07. The van der Waals surface area contributed by atoms with Crippen molar-refractivity contribution >= 4 is 0 Å². The second-order valence-electron chi connectivity index (χ2n) is 3.34. The third kappa shape index (κ3) is 9.96. The van der Waals surface area contributed by atoms with Gasteiger partial charge in [0.15, 0.2) is 0 Å². The lowest BCUT2D eigenvalue weighted by Crippen LogP contribution is -2.25. The number of hydrogen-bond donors (Lipinski definition) is 0. The number of hydrogen-bond acceptors (Lipinski definition) is 3. The van der Waals surface area contributed by atoms with E-state index in [1.807, 2.05) is 4.90 Å². The Labute approximate surface area is 88.4 Å². The summed E-state index contributed by atoms with van der Waals surface area (Å²) in [7, 11) is 3.91. The monoisotopic (exact) mass is 202 g/mol. The van der Waals surface area contributed by atoms with E-state index < -0.39 is 0 Å². The van der Waals surface area contributed by atoms with Gasteiger partial charge in [0.2, 0.25) is 0 Å². The molecule has 0 aliphatic rings. The van der Waals surface area contributed by atoms with Crippen molar-refractivity contribution in [3.8, 4) is 0 Å². The molecule has 0 aliphatic heterocycles. The van der Waals surface area contributed by atoms with Crippen LogP contribution in [0.1, 0.15) is 26.7 Å². The van der Waals surface area contributed by atoms with Crippen LogP contribution in [0.4, 0.5) is 0 Å². The van der Waals surface area contributed by atoms with Crippen LogP contribution >= 0.6 is 0 Å². The van der Waals surface area contributed by atoms with E-state index in [0.717, 1.165) is 52.4 Å². The van der Waals surface area contributed by atoms with Gasteiger partial charge in [-0.15, -0.1) is 0 Å². The van der Waals surface area contributed by atoms with Gasteiger partial charge in [-0.05, 0) is 12.8 Å². The molecule has 0 aromatic carbocycles. The predicted octanol–water partition coefficient (Wildman–Crippen LogP) is 1.93. The Morgan fingerprint density at radius 2 is 1.29 bits per heavy atom. The number of ether oxygens (including phenoxy) is 2. The van der Waals surface area contributed by atoms with E-state index in [9.17, 15) is 0 Å². The van der Waals surface area contributed by atoms with Gasteiger partial charge in [-0.2, -0.15) is 0 Å². The molecule has 0 atom stereocenters. The second kappa shape index (κ2) is 11.0. The van der Waals surface area contributed by atoms with Crippen molar-refractivity contribution in [1.82, 2.24) is 4.90 Å². The van der Waals surface area contributed by atoms with Gasteiger partial charge in [-0.25, -0.2) is 0 Å². The summed E-state index contributed by atoms with van der Waals surface area (Å²) in [5.74, 6) is 0. The van der Waals surface area contributed by atoms with Gasteiger partial charge in [0.25, 0.3) is 0 Å². The maximum absolute atomic E-state index is 5.36. The summed E-state index contributed by atoms with van der Waals surface area (Å²) < 4.78 is 10.7. The van der Waals surface area contributed by atoms with Gasteiger partial charge in [0.1, 0.15) is 0 Å². The van der Waals surface area contributed by atoms with Gasteiger partial charge >= 0.3 is 0 Å².